The number of carbonyl (C=O) groups is 2. The number of carbonyl (C=O) groups excluding carboxylic acids is 2. The van der Waals surface area contributed by atoms with E-state index in [1.807, 2.05) is 73.7 Å². The van der Waals surface area contributed by atoms with E-state index in [0.717, 1.165) is 33.3 Å². The van der Waals surface area contributed by atoms with Crippen LogP contribution in [-0.2, 0) is 15.3 Å². The van der Waals surface area contributed by atoms with Gasteiger partial charge in [-0.15, -0.1) is 23.5 Å². The molecule has 154 valence electrons. The van der Waals surface area contributed by atoms with Gasteiger partial charge < -0.3 is 10.6 Å². The van der Waals surface area contributed by atoms with E-state index in [2.05, 4.69) is 15.6 Å². The zero-order valence-corrected chi connectivity index (χ0v) is 18.3. The van der Waals surface area contributed by atoms with Crippen molar-refractivity contribution in [1.82, 2.24) is 4.98 Å². The molecule has 0 fully saturated rings. The van der Waals surface area contributed by atoms with E-state index < -0.39 is 0 Å². The lowest BCUT2D eigenvalue weighted by Crippen LogP contribution is -2.18. The van der Waals surface area contributed by atoms with Gasteiger partial charge in [0.25, 0.3) is 0 Å². The van der Waals surface area contributed by atoms with Gasteiger partial charge in [-0.1, -0.05) is 35.9 Å². The summed E-state index contributed by atoms with van der Waals surface area (Å²) in [5, 5.41) is 6.69. The number of nitrogens with zero attached hydrogens (tertiary/aromatic N) is 1. The third-order valence-electron chi connectivity index (χ3n) is 4.04. The fraction of sp³-hybridized carbons (Fsp3) is 0.174. The monoisotopic (exact) mass is 437 g/mol. The number of pyridine rings is 1. The normalized spacial score (nSPS) is 10.4. The predicted octanol–water partition coefficient (Wildman–Crippen LogP) is 4.99. The van der Waals surface area contributed by atoms with Crippen LogP contribution < -0.4 is 10.6 Å². The van der Waals surface area contributed by atoms with Gasteiger partial charge in [0.15, 0.2) is 0 Å². The summed E-state index contributed by atoms with van der Waals surface area (Å²) in [6.07, 6.45) is 1.78. The largest absolute Gasteiger partial charge is 0.325 e. The molecule has 0 aliphatic rings. The number of thioether (sulfide) groups is 2. The van der Waals surface area contributed by atoms with E-state index in [4.69, 9.17) is 0 Å². The minimum atomic E-state index is -0.127. The number of anilines is 2. The average molecular weight is 438 g/mol. The Balaban J connectivity index is 1.40. The first-order valence-electron chi connectivity index (χ1n) is 9.45. The summed E-state index contributed by atoms with van der Waals surface area (Å²) < 4.78 is 0. The lowest BCUT2D eigenvalue weighted by atomic mass is 10.2. The van der Waals surface area contributed by atoms with Gasteiger partial charge >= 0.3 is 0 Å². The second-order valence-electron chi connectivity index (χ2n) is 6.61. The smallest absolute Gasteiger partial charge is 0.234 e. The Morgan fingerprint density at radius 3 is 2.30 bits per heavy atom. The van der Waals surface area contributed by atoms with Crippen LogP contribution in [0.15, 0.2) is 78.0 Å². The van der Waals surface area contributed by atoms with Crippen LogP contribution in [0.25, 0.3) is 0 Å². The Labute approximate surface area is 185 Å². The van der Waals surface area contributed by atoms with E-state index in [9.17, 15) is 9.59 Å². The molecule has 2 amide bonds. The minimum absolute atomic E-state index is 0.120. The standard InChI is InChI=1S/C23H23N3O2S2/c1-17-8-10-19(11-9-17)25-21(27)15-29-16-22(28)26-20-6-4-5-18(13-20)14-30-23-7-2-3-12-24-23/h2-13H,14-16H2,1H3,(H,25,27)(H,26,28). The molecule has 2 aromatic carbocycles. The molecule has 7 heteroatoms. The Bertz CT molecular complexity index is 979. The molecule has 5 nitrogen and oxygen atoms in total. The van der Waals surface area contributed by atoms with Crippen LogP contribution in [0.5, 0.6) is 0 Å². The second-order valence-corrected chi connectivity index (χ2v) is 8.59. The minimum Gasteiger partial charge on any atom is -0.325 e. The SMILES string of the molecule is Cc1ccc(NC(=O)CSCC(=O)Nc2cccc(CSc3ccccn3)c2)cc1. The van der Waals surface area contributed by atoms with Crippen molar-refractivity contribution in [3.8, 4) is 0 Å². The maximum atomic E-state index is 12.2. The fourth-order valence-electron chi connectivity index (χ4n) is 2.60. The molecule has 1 aromatic heterocycles. The van der Waals surface area contributed by atoms with E-state index in [-0.39, 0.29) is 23.3 Å². The Morgan fingerprint density at radius 1 is 0.867 bits per heavy atom. The van der Waals surface area contributed by atoms with Gasteiger partial charge in [0, 0.05) is 23.3 Å². The van der Waals surface area contributed by atoms with Gasteiger partial charge in [0.1, 0.15) is 0 Å². The third kappa shape index (κ3) is 7.57. The van der Waals surface area contributed by atoms with Crippen LogP contribution in [0.1, 0.15) is 11.1 Å². The third-order valence-corrected chi connectivity index (χ3v) is 5.98. The molecular formula is C23H23N3O2S2. The molecule has 0 saturated carbocycles. The van der Waals surface area contributed by atoms with Crippen molar-refractivity contribution < 1.29 is 9.59 Å². The van der Waals surface area contributed by atoms with Gasteiger partial charge in [0.2, 0.25) is 11.8 Å². The Morgan fingerprint density at radius 2 is 1.60 bits per heavy atom. The van der Waals surface area contributed by atoms with Crippen molar-refractivity contribution >= 4 is 46.7 Å². The van der Waals surface area contributed by atoms with Gasteiger partial charge in [-0.3, -0.25) is 9.59 Å². The first kappa shape index (κ1) is 21.9. The van der Waals surface area contributed by atoms with Gasteiger partial charge in [-0.2, -0.15) is 0 Å². The maximum Gasteiger partial charge on any atom is 0.234 e. The highest BCUT2D eigenvalue weighted by Crippen LogP contribution is 2.22. The highest BCUT2D eigenvalue weighted by Gasteiger charge is 2.07. The van der Waals surface area contributed by atoms with Crippen molar-refractivity contribution in [1.29, 1.82) is 0 Å². The fourth-order valence-corrected chi connectivity index (χ4v) is 4.02. The number of amides is 2. The van der Waals surface area contributed by atoms with Crippen LogP contribution in [0, 0.1) is 6.92 Å². The molecule has 0 atom stereocenters. The molecule has 0 bridgehead atoms. The van der Waals surface area contributed by atoms with Gasteiger partial charge in [0.05, 0.1) is 16.5 Å². The lowest BCUT2D eigenvalue weighted by Gasteiger charge is -2.08. The number of benzene rings is 2. The van der Waals surface area contributed by atoms with Crippen LogP contribution in [0.2, 0.25) is 0 Å². The molecular weight excluding hydrogens is 414 g/mol. The number of hydrogen-bond acceptors (Lipinski definition) is 5. The van der Waals surface area contributed by atoms with Crippen molar-refractivity contribution in [2.75, 3.05) is 22.1 Å². The number of aryl methyl sites for hydroxylation is 1. The molecule has 1 heterocycles. The maximum absolute atomic E-state index is 12.2. The van der Waals surface area contributed by atoms with Gasteiger partial charge in [-0.25, -0.2) is 4.98 Å². The summed E-state index contributed by atoms with van der Waals surface area (Å²) in [7, 11) is 0. The van der Waals surface area contributed by atoms with Crippen LogP contribution >= 0.6 is 23.5 Å². The molecule has 2 N–H and O–H groups in total. The Kier molecular flexibility index (Phi) is 8.35. The molecule has 0 radical (unpaired) electrons. The van der Waals surface area contributed by atoms with Crippen LogP contribution in [0.3, 0.4) is 0 Å². The summed E-state index contributed by atoms with van der Waals surface area (Å²) in [6, 6.07) is 21.2. The lowest BCUT2D eigenvalue weighted by molar-refractivity contribution is -0.114. The quantitative estimate of drug-likeness (QED) is 0.461. The molecule has 3 rings (SSSR count). The van der Waals surface area contributed by atoms with Crippen molar-refractivity contribution in [2.24, 2.45) is 0 Å². The molecule has 30 heavy (non-hydrogen) atoms. The highest BCUT2D eigenvalue weighted by atomic mass is 32.2. The number of hydrogen-bond donors (Lipinski definition) is 2. The summed E-state index contributed by atoms with van der Waals surface area (Å²) in [5.41, 5.74) is 3.76. The first-order chi connectivity index (χ1) is 14.6. The number of rotatable bonds is 9. The molecule has 0 spiro atoms. The van der Waals surface area contributed by atoms with Crippen molar-refractivity contribution in [2.45, 2.75) is 17.7 Å². The topological polar surface area (TPSA) is 71.1 Å². The average Bonchev–Trinajstić information content (AvgIpc) is 2.75. The number of aromatic nitrogens is 1. The van der Waals surface area contributed by atoms with Gasteiger partial charge in [-0.05, 0) is 48.9 Å². The molecule has 3 aromatic rings. The summed E-state index contributed by atoms with van der Waals surface area (Å²) in [5.74, 6) is 0.966. The zero-order chi connectivity index (χ0) is 21.2. The van der Waals surface area contributed by atoms with Crippen LogP contribution in [0.4, 0.5) is 11.4 Å². The Hall–Kier alpha value is -2.77. The van der Waals surface area contributed by atoms with E-state index in [1.165, 1.54) is 11.8 Å². The summed E-state index contributed by atoms with van der Waals surface area (Å²) >= 11 is 2.93. The second kappa shape index (κ2) is 11.4. The van der Waals surface area contributed by atoms with E-state index >= 15 is 0 Å². The predicted molar refractivity (Wildman–Crippen MR) is 126 cm³/mol. The molecule has 0 saturated heterocycles. The molecule has 0 aliphatic carbocycles. The molecule has 0 aliphatic heterocycles. The highest BCUT2D eigenvalue weighted by molar-refractivity contribution is 8.00. The summed E-state index contributed by atoms with van der Waals surface area (Å²) in [4.78, 5) is 28.5. The van der Waals surface area contributed by atoms with E-state index in [1.54, 1.807) is 18.0 Å². The van der Waals surface area contributed by atoms with E-state index in [0.29, 0.717) is 0 Å². The summed E-state index contributed by atoms with van der Waals surface area (Å²) in [6.45, 7) is 2.00. The van der Waals surface area contributed by atoms with Crippen molar-refractivity contribution in [3.05, 3.63) is 84.1 Å². The number of nitrogens with one attached hydrogen (secondary N) is 2. The molecule has 0 unspecified atom stereocenters. The first-order valence-corrected chi connectivity index (χ1v) is 11.6. The van der Waals surface area contributed by atoms with Crippen molar-refractivity contribution in [3.63, 3.8) is 0 Å². The van der Waals surface area contributed by atoms with Crippen LogP contribution in [-0.4, -0.2) is 28.3 Å². The zero-order valence-electron chi connectivity index (χ0n) is 16.6.